The Labute approximate surface area is 117 Å². The van der Waals surface area contributed by atoms with Gasteiger partial charge in [0.1, 0.15) is 5.82 Å². The van der Waals surface area contributed by atoms with Gasteiger partial charge in [0.25, 0.3) is 0 Å². The molecule has 1 aromatic carbocycles. The minimum Gasteiger partial charge on any atom is -0.307 e. The van der Waals surface area contributed by atoms with Gasteiger partial charge in [0.15, 0.2) is 0 Å². The molecule has 0 aromatic heterocycles. The zero-order valence-corrected chi connectivity index (χ0v) is 12.9. The lowest BCUT2D eigenvalue weighted by Crippen LogP contribution is -2.34. The molecule has 0 saturated heterocycles. The lowest BCUT2D eigenvalue weighted by molar-refractivity contribution is 0.335. The molecular weight excluding hydrogens is 237 g/mol. The average Bonchev–Trinajstić information content (AvgIpc) is 2.26. The van der Waals surface area contributed by atoms with Crippen LogP contribution in [0.3, 0.4) is 0 Å². The molecule has 0 aliphatic heterocycles. The van der Waals surface area contributed by atoms with Crippen LogP contribution in [0.25, 0.3) is 0 Å². The molecule has 2 heteroatoms. The maximum Gasteiger partial charge on any atom is 0.123 e. The number of rotatable bonds is 7. The zero-order chi connectivity index (χ0) is 14.4. The number of hydrogen-bond donors (Lipinski definition) is 1. The van der Waals surface area contributed by atoms with Crippen molar-refractivity contribution >= 4 is 0 Å². The monoisotopic (exact) mass is 265 g/mol. The molecule has 0 fully saturated rings. The van der Waals surface area contributed by atoms with Gasteiger partial charge in [-0.25, -0.2) is 4.39 Å². The Morgan fingerprint density at radius 3 is 2.05 bits per heavy atom. The van der Waals surface area contributed by atoms with Crippen LogP contribution >= 0.6 is 0 Å². The van der Waals surface area contributed by atoms with Crippen LogP contribution in [-0.4, -0.2) is 6.04 Å². The summed E-state index contributed by atoms with van der Waals surface area (Å²) in [5, 5.41) is 3.66. The van der Waals surface area contributed by atoms with Crippen molar-refractivity contribution in [2.24, 2.45) is 11.8 Å². The molecule has 1 atom stereocenters. The first-order valence-corrected chi connectivity index (χ1v) is 7.40. The summed E-state index contributed by atoms with van der Waals surface area (Å²) in [4.78, 5) is 0. The van der Waals surface area contributed by atoms with Crippen LogP contribution in [0.2, 0.25) is 0 Å². The predicted molar refractivity (Wildman–Crippen MR) is 80.6 cm³/mol. The Morgan fingerprint density at radius 2 is 1.58 bits per heavy atom. The Hall–Kier alpha value is -0.890. The minimum atomic E-state index is -0.157. The summed E-state index contributed by atoms with van der Waals surface area (Å²) in [6.07, 6.45) is 2.33. The van der Waals surface area contributed by atoms with Crippen molar-refractivity contribution in [2.45, 2.75) is 59.5 Å². The second-order valence-electron chi connectivity index (χ2n) is 6.40. The average molecular weight is 265 g/mol. The Balaban J connectivity index is 2.66. The number of hydrogen-bond acceptors (Lipinski definition) is 1. The molecule has 0 spiro atoms. The van der Waals surface area contributed by atoms with E-state index in [0.717, 1.165) is 18.4 Å². The van der Waals surface area contributed by atoms with Gasteiger partial charge in [-0.1, -0.05) is 39.8 Å². The molecule has 1 unspecified atom stereocenters. The zero-order valence-electron chi connectivity index (χ0n) is 12.9. The molecule has 1 nitrogen and oxygen atoms in total. The van der Waals surface area contributed by atoms with Crippen LogP contribution in [0.5, 0.6) is 0 Å². The molecule has 0 radical (unpaired) electrons. The first kappa shape index (κ1) is 16.2. The first-order valence-electron chi connectivity index (χ1n) is 7.40. The van der Waals surface area contributed by atoms with Crippen molar-refractivity contribution in [1.29, 1.82) is 0 Å². The highest BCUT2D eigenvalue weighted by atomic mass is 19.1. The third kappa shape index (κ3) is 6.20. The summed E-state index contributed by atoms with van der Waals surface area (Å²) in [6.45, 7) is 11.1. The van der Waals surface area contributed by atoms with Crippen molar-refractivity contribution in [3.8, 4) is 0 Å². The lowest BCUT2D eigenvalue weighted by atomic mass is 9.94. The summed E-state index contributed by atoms with van der Waals surface area (Å²) in [7, 11) is 0. The first-order chi connectivity index (χ1) is 8.88. The van der Waals surface area contributed by atoms with E-state index in [4.69, 9.17) is 0 Å². The highest BCUT2D eigenvalue weighted by molar-refractivity contribution is 5.19. The number of benzene rings is 1. The summed E-state index contributed by atoms with van der Waals surface area (Å²) in [5.41, 5.74) is 1.03. The Morgan fingerprint density at radius 1 is 1.00 bits per heavy atom. The van der Waals surface area contributed by atoms with Crippen molar-refractivity contribution in [3.05, 3.63) is 35.6 Å². The molecule has 1 N–H and O–H groups in total. The van der Waals surface area contributed by atoms with Crippen molar-refractivity contribution in [2.75, 3.05) is 0 Å². The third-order valence-corrected chi connectivity index (χ3v) is 3.35. The van der Waals surface area contributed by atoms with E-state index < -0.39 is 0 Å². The molecule has 1 rings (SSSR count). The quantitative estimate of drug-likeness (QED) is 0.736. The normalized spacial score (nSPS) is 13.5. The molecule has 0 amide bonds. The fraction of sp³-hybridized carbons (Fsp3) is 0.647. The molecular formula is C17H28FN. The molecule has 1 aromatic rings. The van der Waals surface area contributed by atoms with Gasteiger partial charge in [0.05, 0.1) is 0 Å². The molecule has 0 aliphatic carbocycles. The van der Waals surface area contributed by atoms with E-state index in [2.05, 4.69) is 39.9 Å². The van der Waals surface area contributed by atoms with Crippen LogP contribution in [0.1, 0.15) is 59.1 Å². The molecule has 0 aliphatic rings. The fourth-order valence-corrected chi connectivity index (χ4v) is 2.60. The maximum atomic E-state index is 13.3. The van der Waals surface area contributed by atoms with E-state index in [1.807, 2.05) is 6.07 Å². The summed E-state index contributed by atoms with van der Waals surface area (Å²) in [6, 6.07) is 7.58. The van der Waals surface area contributed by atoms with Gasteiger partial charge < -0.3 is 5.32 Å². The van der Waals surface area contributed by atoms with E-state index in [0.29, 0.717) is 17.9 Å². The van der Waals surface area contributed by atoms with Gasteiger partial charge in [-0.05, 0) is 49.3 Å². The van der Waals surface area contributed by atoms with E-state index in [-0.39, 0.29) is 11.9 Å². The SMILES string of the molecule is CC(C)CC(CC(C)C)NC(C)c1cccc(F)c1. The predicted octanol–water partition coefficient (Wildman–Crippen LogP) is 4.94. The molecule has 0 heterocycles. The smallest absolute Gasteiger partial charge is 0.123 e. The van der Waals surface area contributed by atoms with Crippen molar-refractivity contribution in [3.63, 3.8) is 0 Å². The summed E-state index contributed by atoms with van der Waals surface area (Å²) < 4.78 is 13.3. The molecule has 0 saturated carbocycles. The van der Waals surface area contributed by atoms with E-state index in [1.54, 1.807) is 12.1 Å². The van der Waals surface area contributed by atoms with Gasteiger partial charge in [-0.3, -0.25) is 0 Å². The van der Waals surface area contributed by atoms with E-state index in [1.165, 1.54) is 6.07 Å². The molecule has 0 bridgehead atoms. The van der Waals surface area contributed by atoms with Gasteiger partial charge in [0.2, 0.25) is 0 Å². The second-order valence-corrected chi connectivity index (χ2v) is 6.40. The van der Waals surface area contributed by atoms with Crippen LogP contribution < -0.4 is 5.32 Å². The Kier molecular flexibility index (Phi) is 6.50. The standard InChI is InChI=1S/C17H28FN/c1-12(2)9-17(10-13(3)4)19-14(5)15-7-6-8-16(18)11-15/h6-8,11-14,17,19H,9-10H2,1-5H3. The third-order valence-electron chi connectivity index (χ3n) is 3.35. The van der Waals surface area contributed by atoms with Gasteiger partial charge in [0, 0.05) is 12.1 Å². The van der Waals surface area contributed by atoms with Crippen LogP contribution in [0, 0.1) is 17.7 Å². The largest absolute Gasteiger partial charge is 0.307 e. The van der Waals surface area contributed by atoms with Gasteiger partial charge in [-0.2, -0.15) is 0 Å². The van der Waals surface area contributed by atoms with Crippen molar-refractivity contribution in [1.82, 2.24) is 5.32 Å². The minimum absolute atomic E-state index is 0.157. The van der Waals surface area contributed by atoms with Crippen LogP contribution in [0.15, 0.2) is 24.3 Å². The lowest BCUT2D eigenvalue weighted by Gasteiger charge is -2.26. The van der Waals surface area contributed by atoms with Crippen LogP contribution in [0.4, 0.5) is 4.39 Å². The second kappa shape index (κ2) is 7.64. The van der Waals surface area contributed by atoms with Gasteiger partial charge in [-0.15, -0.1) is 0 Å². The van der Waals surface area contributed by atoms with E-state index in [9.17, 15) is 4.39 Å². The highest BCUT2D eigenvalue weighted by Crippen LogP contribution is 2.19. The molecule has 108 valence electrons. The summed E-state index contributed by atoms with van der Waals surface area (Å²) >= 11 is 0. The van der Waals surface area contributed by atoms with Crippen molar-refractivity contribution < 1.29 is 4.39 Å². The van der Waals surface area contributed by atoms with Gasteiger partial charge >= 0.3 is 0 Å². The highest BCUT2D eigenvalue weighted by Gasteiger charge is 2.16. The number of nitrogens with one attached hydrogen (secondary N) is 1. The number of halogens is 1. The Bertz CT molecular complexity index is 363. The molecule has 19 heavy (non-hydrogen) atoms. The van der Waals surface area contributed by atoms with Crippen LogP contribution in [-0.2, 0) is 0 Å². The summed E-state index contributed by atoms with van der Waals surface area (Å²) in [5.74, 6) is 1.20. The fourth-order valence-electron chi connectivity index (χ4n) is 2.60. The van der Waals surface area contributed by atoms with E-state index >= 15 is 0 Å². The topological polar surface area (TPSA) is 12.0 Å². The maximum absolute atomic E-state index is 13.3.